The number of nitrogens with zero attached hydrogens (tertiary/aromatic N) is 2. The molecular weight excluding hydrogens is 699 g/mol. The van der Waals surface area contributed by atoms with Gasteiger partial charge in [0.25, 0.3) is 0 Å². The van der Waals surface area contributed by atoms with Crippen LogP contribution < -0.4 is 26.6 Å². The Labute approximate surface area is 365 Å². The molecule has 5 aliphatic heterocycles. The van der Waals surface area contributed by atoms with E-state index in [-0.39, 0.29) is 0 Å². The van der Waals surface area contributed by atoms with Gasteiger partial charge in [0, 0.05) is 31.7 Å². The van der Waals surface area contributed by atoms with Crippen molar-refractivity contribution in [1.29, 1.82) is 0 Å². The number of hydrogen-bond donors (Lipinski definition) is 5. The minimum atomic E-state index is 0.333. The molecule has 5 rings (SSSR count). The van der Waals surface area contributed by atoms with Crippen molar-refractivity contribution in [3.63, 3.8) is 0 Å². The number of likely N-dealkylation sites (N-methyl/N-ethyl adjacent to an activating group) is 1. The molecular formula is C50H119N7. The molecule has 0 amide bonds. The summed E-state index contributed by atoms with van der Waals surface area (Å²) < 4.78 is 0. The first-order chi connectivity index (χ1) is 26.5. The van der Waals surface area contributed by atoms with Gasteiger partial charge in [-0.05, 0) is 175 Å². The van der Waals surface area contributed by atoms with Gasteiger partial charge in [-0.1, -0.05) is 123 Å². The lowest BCUT2D eigenvalue weighted by atomic mass is 10.1. The summed E-state index contributed by atoms with van der Waals surface area (Å²) in [6.07, 6.45) is 15.4. The zero-order valence-corrected chi connectivity index (χ0v) is 44.0. The molecule has 0 spiro atoms. The Morgan fingerprint density at radius 2 is 0.474 bits per heavy atom. The number of piperidine rings is 3. The van der Waals surface area contributed by atoms with Crippen molar-refractivity contribution < 1.29 is 0 Å². The zero-order valence-electron chi connectivity index (χ0n) is 44.0. The fraction of sp³-hybridized carbons (Fsp3) is 1.00. The molecule has 354 valence electrons. The van der Waals surface area contributed by atoms with Crippen LogP contribution in [0.15, 0.2) is 0 Å². The van der Waals surface area contributed by atoms with E-state index in [9.17, 15) is 0 Å². The fourth-order valence-electron chi connectivity index (χ4n) is 3.81. The molecule has 7 heteroatoms. The molecule has 5 N–H and O–H groups in total. The third kappa shape index (κ3) is 119. The number of nitrogens with one attached hydrogen (secondary N) is 5. The first-order valence-corrected chi connectivity index (χ1v) is 24.4. The summed E-state index contributed by atoms with van der Waals surface area (Å²) in [6, 6.07) is 0. The van der Waals surface area contributed by atoms with Crippen LogP contribution in [0.5, 0.6) is 0 Å². The van der Waals surface area contributed by atoms with Crippen molar-refractivity contribution in [3.8, 4) is 0 Å². The summed E-state index contributed by atoms with van der Waals surface area (Å²) in [5.41, 5.74) is 0.333. The van der Waals surface area contributed by atoms with E-state index in [0.29, 0.717) is 5.54 Å². The van der Waals surface area contributed by atoms with E-state index in [0.717, 1.165) is 42.7 Å². The van der Waals surface area contributed by atoms with Crippen LogP contribution in [0, 0.1) is 29.6 Å². The molecule has 0 aromatic carbocycles. The maximum Gasteiger partial charge on any atom is 0.0118 e. The topological polar surface area (TPSA) is 66.6 Å². The number of hydrogen-bond acceptors (Lipinski definition) is 7. The van der Waals surface area contributed by atoms with Crippen LogP contribution in [-0.4, -0.2) is 115 Å². The van der Waals surface area contributed by atoms with E-state index in [4.69, 9.17) is 0 Å². The molecule has 0 radical (unpaired) electrons. The third-order valence-electron chi connectivity index (χ3n) is 7.26. The van der Waals surface area contributed by atoms with Gasteiger partial charge >= 0.3 is 0 Å². The van der Waals surface area contributed by atoms with Crippen LogP contribution in [0.4, 0.5) is 0 Å². The largest absolute Gasteiger partial charge is 0.317 e. The van der Waals surface area contributed by atoms with Gasteiger partial charge in [0.15, 0.2) is 0 Å². The summed E-state index contributed by atoms with van der Waals surface area (Å²) in [6.45, 7) is 53.8. The van der Waals surface area contributed by atoms with E-state index in [1.807, 2.05) is 0 Å². The molecule has 5 heterocycles. The summed E-state index contributed by atoms with van der Waals surface area (Å²) >= 11 is 0. The molecule has 0 aromatic rings. The Hall–Kier alpha value is -0.280. The fourth-order valence-corrected chi connectivity index (χ4v) is 3.81. The molecule has 0 atom stereocenters. The monoisotopic (exact) mass is 818 g/mol. The second kappa shape index (κ2) is 55.7. The Bertz CT molecular complexity index is 504. The van der Waals surface area contributed by atoms with E-state index in [1.54, 1.807) is 0 Å². The van der Waals surface area contributed by atoms with Gasteiger partial charge in [0.05, 0.1) is 0 Å². The Kier molecular flexibility index (Phi) is 66.9. The van der Waals surface area contributed by atoms with E-state index >= 15 is 0 Å². The van der Waals surface area contributed by atoms with E-state index < -0.39 is 0 Å². The first kappa shape index (κ1) is 68.5. The van der Waals surface area contributed by atoms with Crippen LogP contribution in [0.3, 0.4) is 0 Å². The molecule has 0 bridgehead atoms. The van der Waals surface area contributed by atoms with Crippen molar-refractivity contribution >= 4 is 0 Å². The third-order valence-corrected chi connectivity index (χ3v) is 7.26. The molecule has 0 saturated carbocycles. The van der Waals surface area contributed by atoms with Crippen LogP contribution in [0.2, 0.25) is 0 Å². The van der Waals surface area contributed by atoms with Gasteiger partial charge in [0.1, 0.15) is 0 Å². The highest BCUT2D eigenvalue weighted by Crippen LogP contribution is 2.05. The average molecular weight is 819 g/mol. The van der Waals surface area contributed by atoms with Crippen LogP contribution in [0.1, 0.15) is 195 Å². The molecule has 7 nitrogen and oxygen atoms in total. The Morgan fingerprint density at radius 3 is 0.544 bits per heavy atom. The molecule has 0 aromatic heterocycles. The summed E-state index contributed by atoms with van der Waals surface area (Å²) in [4.78, 5) is 4.52. The highest BCUT2D eigenvalue weighted by Gasteiger charge is 2.10. The SMILES string of the molecule is C1CCNC1.C1CCNCC1.C1CCNCC1.C1CCNCC1.CC(C)C.CC(C)C.CC(C)C.CC(C)C.CC(C)C.CN(C)C(C)(C)C.CN1CCNCC1. The van der Waals surface area contributed by atoms with Gasteiger partial charge in [0.2, 0.25) is 0 Å². The van der Waals surface area contributed by atoms with Crippen molar-refractivity contribution in [2.75, 3.05) is 99.7 Å². The quantitative estimate of drug-likeness (QED) is 0.167. The lowest BCUT2D eigenvalue weighted by Gasteiger charge is -2.27. The number of rotatable bonds is 0. The summed E-state index contributed by atoms with van der Waals surface area (Å²) in [5, 5.41) is 16.3. The molecule has 5 aliphatic rings. The minimum Gasteiger partial charge on any atom is -0.317 e. The number of piperazine rings is 1. The molecule has 0 aliphatic carbocycles. The minimum absolute atomic E-state index is 0.333. The second-order valence-electron chi connectivity index (χ2n) is 20.7. The zero-order chi connectivity index (χ0) is 45.3. The van der Waals surface area contributed by atoms with E-state index in [1.165, 1.54) is 136 Å². The smallest absolute Gasteiger partial charge is 0.0118 e. The predicted octanol–water partition coefficient (Wildman–Crippen LogP) is 11.8. The van der Waals surface area contributed by atoms with Crippen molar-refractivity contribution in [3.05, 3.63) is 0 Å². The lowest BCUT2D eigenvalue weighted by Crippen LogP contribution is -2.40. The molecule has 5 fully saturated rings. The molecule has 0 unspecified atom stereocenters. The highest BCUT2D eigenvalue weighted by molar-refractivity contribution is 4.68. The standard InChI is InChI=1S/C6H15N.C5H12N2.3C5H11N.C4H9N.5C4H10/c1-6(2,3)7(4)5;1-7-4-2-6-3-5-7;3*1-2-4-6-5-3-1;1-2-4-5-3-1;5*1-4(2)3/h1-5H3;6H,2-5H2,1H3;3*6H,1-5H2;5H,1-4H2;5*4H,1-3H3. The predicted molar refractivity (Wildman–Crippen MR) is 269 cm³/mol. The van der Waals surface area contributed by atoms with Crippen molar-refractivity contribution in [2.45, 2.75) is 201 Å². The Balaban J connectivity index is -0.000000126. The Morgan fingerprint density at radius 1 is 0.333 bits per heavy atom. The summed E-state index contributed by atoms with van der Waals surface area (Å²) in [5.74, 6) is 4.17. The van der Waals surface area contributed by atoms with Crippen molar-refractivity contribution in [1.82, 2.24) is 36.4 Å². The maximum atomic E-state index is 3.28. The average Bonchev–Trinajstić information content (AvgIpc) is 3.71. The summed E-state index contributed by atoms with van der Waals surface area (Å²) in [7, 11) is 6.32. The second-order valence-corrected chi connectivity index (χ2v) is 20.7. The van der Waals surface area contributed by atoms with Gasteiger partial charge in [-0.15, -0.1) is 0 Å². The molecule has 5 saturated heterocycles. The van der Waals surface area contributed by atoms with E-state index in [2.05, 4.69) is 182 Å². The van der Waals surface area contributed by atoms with Gasteiger partial charge in [-0.25, -0.2) is 0 Å². The van der Waals surface area contributed by atoms with Gasteiger partial charge in [-0.3, -0.25) is 0 Å². The van der Waals surface area contributed by atoms with Crippen LogP contribution in [0.25, 0.3) is 0 Å². The van der Waals surface area contributed by atoms with Gasteiger partial charge in [-0.2, -0.15) is 0 Å². The van der Waals surface area contributed by atoms with Crippen molar-refractivity contribution in [2.24, 2.45) is 29.6 Å². The normalized spacial score (nSPS) is 17.5. The lowest BCUT2D eigenvalue weighted by molar-refractivity contribution is 0.219. The van der Waals surface area contributed by atoms with Crippen LogP contribution in [-0.2, 0) is 0 Å². The first-order valence-electron chi connectivity index (χ1n) is 24.4. The maximum absolute atomic E-state index is 3.28. The van der Waals surface area contributed by atoms with Gasteiger partial charge < -0.3 is 36.4 Å². The highest BCUT2D eigenvalue weighted by atomic mass is 15.2. The van der Waals surface area contributed by atoms with Crippen LogP contribution >= 0.6 is 0 Å². The molecule has 57 heavy (non-hydrogen) atoms.